The van der Waals surface area contributed by atoms with Crippen molar-refractivity contribution in [3.8, 4) is 11.5 Å². The van der Waals surface area contributed by atoms with Gasteiger partial charge in [0.2, 0.25) is 5.91 Å². The SMILES string of the molecule is O=C(CCn1nnc2cc3c(cc21)OCCO3)N1CCNCC1. The van der Waals surface area contributed by atoms with Crippen molar-refractivity contribution < 1.29 is 14.3 Å². The van der Waals surface area contributed by atoms with Crippen molar-refractivity contribution in [3.05, 3.63) is 12.1 Å². The number of nitrogens with one attached hydrogen (secondary N) is 1. The van der Waals surface area contributed by atoms with Gasteiger partial charge in [-0.1, -0.05) is 5.21 Å². The highest BCUT2D eigenvalue weighted by molar-refractivity contribution is 5.80. The average molecular weight is 317 g/mol. The van der Waals surface area contributed by atoms with Gasteiger partial charge in [-0.2, -0.15) is 0 Å². The summed E-state index contributed by atoms with van der Waals surface area (Å²) in [5, 5.41) is 11.6. The average Bonchev–Trinajstić information content (AvgIpc) is 3.00. The van der Waals surface area contributed by atoms with Crippen LogP contribution in [0.5, 0.6) is 11.5 Å². The zero-order chi connectivity index (χ0) is 15.6. The van der Waals surface area contributed by atoms with Crippen molar-refractivity contribution in [2.75, 3.05) is 39.4 Å². The third-order valence-corrected chi connectivity index (χ3v) is 4.19. The van der Waals surface area contributed by atoms with E-state index in [0.29, 0.717) is 37.7 Å². The van der Waals surface area contributed by atoms with Gasteiger partial charge in [0, 0.05) is 44.7 Å². The first-order valence-electron chi connectivity index (χ1n) is 7.92. The van der Waals surface area contributed by atoms with Gasteiger partial charge in [-0.25, -0.2) is 4.68 Å². The molecule has 1 N–H and O–H groups in total. The van der Waals surface area contributed by atoms with Gasteiger partial charge in [0.05, 0.1) is 12.1 Å². The van der Waals surface area contributed by atoms with Gasteiger partial charge in [-0.3, -0.25) is 4.79 Å². The Labute approximate surface area is 133 Å². The number of amides is 1. The maximum absolute atomic E-state index is 12.3. The van der Waals surface area contributed by atoms with Crippen molar-refractivity contribution in [2.45, 2.75) is 13.0 Å². The van der Waals surface area contributed by atoms with Crippen LogP contribution in [-0.4, -0.2) is 65.2 Å². The highest BCUT2D eigenvalue weighted by Gasteiger charge is 2.18. The predicted octanol–water partition coefficient (Wildman–Crippen LogP) is 0.0244. The lowest BCUT2D eigenvalue weighted by molar-refractivity contribution is -0.132. The molecule has 2 aromatic rings. The lowest BCUT2D eigenvalue weighted by Crippen LogP contribution is -2.46. The topological polar surface area (TPSA) is 81.5 Å². The molecule has 23 heavy (non-hydrogen) atoms. The molecule has 8 nitrogen and oxygen atoms in total. The predicted molar refractivity (Wildman–Crippen MR) is 82.6 cm³/mol. The quantitative estimate of drug-likeness (QED) is 0.860. The third-order valence-electron chi connectivity index (χ3n) is 4.19. The van der Waals surface area contributed by atoms with Crippen LogP contribution in [0.1, 0.15) is 6.42 Å². The summed E-state index contributed by atoms with van der Waals surface area (Å²) < 4.78 is 12.9. The summed E-state index contributed by atoms with van der Waals surface area (Å²) in [7, 11) is 0. The number of carbonyl (C=O) groups is 1. The number of carbonyl (C=O) groups excluding carboxylic acids is 1. The highest BCUT2D eigenvalue weighted by Crippen LogP contribution is 2.33. The highest BCUT2D eigenvalue weighted by atomic mass is 16.6. The number of benzene rings is 1. The molecule has 0 saturated carbocycles. The Kier molecular flexibility index (Phi) is 3.74. The fourth-order valence-electron chi connectivity index (χ4n) is 2.94. The molecule has 0 spiro atoms. The zero-order valence-corrected chi connectivity index (χ0v) is 12.8. The molecule has 122 valence electrons. The lowest BCUT2D eigenvalue weighted by atomic mass is 10.2. The number of aromatic nitrogens is 3. The number of aryl methyl sites for hydroxylation is 1. The summed E-state index contributed by atoms with van der Waals surface area (Å²) in [4.78, 5) is 14.2. The third kappa shape index (κ3) is 2.81. The van der Waals surface area contributed by atoms with E-state index >= 15 is 0 Å². The maximum atomic E-state index is 12.3. The molecule has 8 heteroatoms. The monoisotopic (exact) mass is 317 g/mol. The van der Waals surface area contributed by atoms with Crippen molar-refractivity contribution in [3.63, 3.8) is 0 Å². The molecule has 0 unspecified atom stereocenters. The van der Waals surface area contributed by atoms with Gasteiger partial charge >= 0.3 is 0 Å². The molecule has 2 aliphatic rings. The first-order chi connectivity index (χ1) is 11.3. The van der Waals surface area contributed by atoms with Gasteiger partial charge in [-0.05, 0) is 0 Å². The molecule has 1 amide bonds. The van der Waals surface area contributed by atoms with E-state index in [1.165, 1.54) is 0 Å². The molecule has 1 saturated heterocycles. The van der Waals surface area contributed by atoms with Crippen molar-refractivity contribution in [1.29, 1.82) is 0 Å². The Morgan fingerprint density at radius 2 is 1.91 bits per heavy atom. The lowest BCUT2D eigenvalue weighted by Gasteiger charge is -2.27. The molecule has 0 atom stereocenters. The van der Waals surface area contributed by atoms with E-state index in [0.717, 1.165) is 37.2 Å². The van der Waals surface area contributed by atoms with E-state index in [2.05, 4.69) is 15.6 Å². The van der Waals surface area contributed by atoms with Gasteiger partial charge in [0.1, 0.15) is 18.7 Å². The summed E-state index contributed by atoms with van der Waals surface area (Å²) in [6.07, 6.45) is 0.424. The molecule has 1 aromatic heterocycles. The van der Waals surface area contributed by atoms with Crippen molar-refractivity contribution in [2.24, 2.45) is 0 Å². The van der Waals surface area contributed by atoms with E-state index in [1.54, 1.807) is 4.68 Å². The van der Waals surface area contributed by atoms with Crippen LogP contribution in [0.25, 0.3) is 11.0 Å². The van der Waals surface area contributed by atoms with Crippen LogP contribution >= 0.6 is 0 Å². The van der Waals surface area contributed by atoms with Crippen LogP contribution in [-0.2, 0) is 11.3 Å². The van der Waals surface area contributed by atoms with Crippen LogP contribution in [0.2, 0.25) is 0 Å². The zero-order valence-electron chi connectivity index (χ0n) is 12.8. The normalized spacial score (nSPS) is 17.5. The number of ether oxygens (including phenoxy) is 2. The molecule has 0 bridgehead atoms. The van der Waals surface area contributed by atoms with Gasteiger partial charge in [0.15, 0.2) is 11.5 Å². The second kappa shape index (κ2) is 6.04. The van der Waals surface area contributed by atoms with E-state index in [-0.39, 0.29) is 5.91 Å². The number of rotatable bonds is 3. The number of fused-ring (bicyclic) bond motifs is 2. The standard InChI is InChI=1S/C15H19N5O3/c21-15(19-5-2-16-3-6-19)1-4-20-12-10-14-13(22-7-8-23-14)9-11(12)17-18-20/h9-10,16H,1-8H2. The minimum atomic E-state index is 0.160. The number of hydrogen-bond donors (Lipinski definition) is 1. The molecule has 0 radical (unpaired) electrons. The van der Waals surface area contributed by atoms with Crippen LogP contribution in [0.3, 0.4) is 0 Å². The summed E-state index contributed by atoms with van der Waals surface area (Å²) in [6.45, 7) is 4.88. The largest absolute Gasteiger partial charge is 0.486 e. The van der Waals surface area contributed by atoms with E-state index < -0.39 is 0 Å². The first kappa shape index (κ1) is 14.3. The molecule has 3 heterocycles. The second-order valence-corrected chi connectivity index (χ2v) is 5.68. The Bertz CT molecular complexity index is 723. The van der Waals surface area contributed by atoms with Gasteiger partial charge < -0.3 is 19.7 Å². The van der Waals surface area contributed by atoms with Crippen molar-refractivity contribution in [1.82, 2.24) is 25.2 Å². The van der Waals surface area contributed by atoms with E-state index in [1.807, 2.05) is 17.0 Å². The molecule has 0 aliphatic carbocycles. The van der Waals surface area contributed by atoms with Crippen LogP contribution in [0.4, 0.5) is 0 Å². The molecular formula is C15H19N5O3. The smallest absolute Gasteiger partial charge is 0.224 e. The molecule has 1 aromatic carbocycles. The number of piperazine rings is 1. The van der Waals surface area contributed by atoms with Crippen LogP contribution in [0.15, 0.2) is 12.1 Å². The van der Waals surface area contributed by atoms with Crippen molar-refractivity contribution >= 4 is 16.9 Å². The molecule has 1 fully saturated rings. The van der Waals surface area contributed by atoms with E-state index in [4.69, 9.17) is 9.47 Å². The Hall–Kier alpha value is -2.35. The summed E-state index contributed by atoms with van der Waals surface area (Å²) in [6, 6.07) is 3.73. The first-order valence-corrected chi connectivity index (χ1v) is 7.92. The summed E-state index contributed by atoms with van der Waals surface area (Å²) >= 11 is 0. The Balaban J connectivity index is 1.49. The number of nitrogens with zero attached hydrogens (tertiary/aromatic N) is 4. The molecule has 2 aliphatic heterocycles. The fraction of sp³-hybridized carbons (Fsp3) is 0.533. The number of hydrogen-bond acceptors (Lipinski definition) is 6. The Morgan fingerprint density at radius 3 is 2.70 bits per heavy atom. The minimum absolute atomic E-state index is 0.160. The van der Waals surface area contributed by atoms with E-state index in [9.17, 15) is 4.79 Å². The van der Waals surface area contributed by atoms with Gasteiger partial charge in [0.25, 0.3) is 0 Å². The van der Waals surface area contributed by atoms with Crippen LogP contribution < -0.4 is 14.8 Å². The maximum Gasteiger partial charge on any atom is 0.224 e. The summed E-state index contributed by atoms with van der Waals surface area (Å²) in [5.74, 6) is 1.57. The minimum Gasteiger partial charge on any atom is -0.486 e. The Morgan fingerprint density at radius 1 is 1.17 bits per heavy atom. The molecule has 4 rings (SSSR count). The molecular weight excluding hydrogens is 298 g/mol. The second-order valence-electron chi connectivity index (χ2n) is 5.68. The van der Waals surface area contributed by atoms with Gasteiger partial charge in [-0.15, -0.1) is 5.10 Å². The summed E-state index contributed by atoms with van der Waals surface area (Å²) in [5.41, 5.74) is 1.62. The fourth-order valence-corrected chi connectivity index (χ4v) is 2.94. The van der Waals surface area contributed by atoms with Crippen LogP contribution in [0, 0.1) is 0 Å².